The lowest BCUT2D eigenvalue weighted by Crippen LogP contribution is -2.08. The van der Waals surface area contributed by atoms with Crippen LogP contribution >= 0.6 is 23.2 Å². The van der Waals surface area contributed by atoms with Crippen LogP contribution < -0.4 is 5.32 Å². The molecular weight excluding hydrogens is 297 g/mol. The second-order valence-corrected chi connectivity index (χ2v) is 5.28. The topological polar surface area (TPSA) is 46.2 Å². The minimum Gasteiger partial charge on any atom is -0.355 e. The Morgan fingerprint density at radius 2 is 1.30 bits per heavy atom. The molecular formula is C15H9Cl2NO2. The van der Waals surface area contributed by atoms with Crippen molar-refractivity contribution in [2.45, 2.75) is 6.42 Å². The van der Waals surface area contributed by atoms with Crippen molar-refractivity contribution in [2.75, 3.05) is 5.32 Å². The normalized spacial score (nSPS) is 12.1. The lowest BCUT2D eigenvalue weighted by molar-refractivity contribution is 0.107. The highest BCUT2D eigenvalue weighted by molar-refractivity contribution is 6.68. The number of benzene rings is 2. The van der Waals surface area contributed by atoms with E-state index in [4.69, 9.17) is 23.2 Å². The van der Waals surface area contributed by atoms with Gasteiger partial charge in [-0.15, -0.1) is 0 Å². The fourth-order valence-electron chi connectivity index (χ4n) is 2.29. The molecule has 0 amide bonds. The van der Waals surface area contributed by atoms with Gasteiger partial charge in [0.2, 0.25) is 0 Å². The SMILES string of the molecule is O=C(Cl)c1ccc2c(c1)Nc1cc(C(=O)Cl)ccc1C2. The Bertz CT molecular complexity index is 679. The summed E-state index contributed by atoms with van der Waals surface area (Å²) in [6.45, 7) is 0. The molecule has 0 spiro atoms. The van der Waals surface area contributed by atoms with Crippen LogP contribution in [-0.4, -0.2) is 10.5 Å². The molecule has 2 aromatic carbocycles. The molecule has 0 saturated carbocycles. The summed E-state index contributed by atoms with van der Waals surface area (Å²) in [6.07, 6.45) is 0.727. The number of rotatable bonds is 2. The van der Waals surface area contributed by atoms with Crippen LogP contribution in [-0.2, 0) is 6.42 Å². The van der Waals surface area contributed by atoms with E-state index in [1.807, 2.05) is 12.1 Å². The van der Waals surface area contributed by atoms with E-state index in [2.05, 4.69) is 5.32 Å². The average Bonchev–Trinajstić information content (AvgIpc) is 2.43. The van der Waals surface area contributed by atoms with Crippen molar-refractivity contribution in [3.8, 4) is 0 Å². The summed E-state index contributed by atoms with van der Waals surface area (Å²) >= 11 is 11.0. The van der Waals surface area contributed by atoms with Crippen molar-refractivity contribution < 1.29 is 9.59 Å². The second kappa shape index (κ2) is 4.93. The van der Waals surface area contributed by atoms with Crippen molar-refractivity contribution in [3.63, 3.8) is 0 Å². The largest absolute Gasteiger partial charge is 0.355 e. The standard InChI is InChI=1S/C15H9Cl2NO2/c16-14(19)10-3-1-8-5-9-2-4-11(15(17)20)7-13(9)18-12(8)6-10/h1-4,6-7,18H,5H2. The molecule has 2 aromatic rings. The Labute approximate surface area is 125 Å². The quantitative estimate of drug-likeness (QED) is 0.725. The molecule has 3 rings (SSSR count). The van der Waals surface area contributed by atoms with Gasteiger partial charge < -0.3 is 5.32 Å². The molecule has 1 aliphatic heterocycles. The first-order chi connectivity index (χ1) is 9.54. The molecule has 20 heavy (non-hydrogen) atoms. The maximum absolute atomic E-state index is 11.2. The number of fused-ring (bicyclic) bond motifs is 2. The maximum Gasteiger partial charge on any atom is 0.252 e. The van der Waals surface area contributed by atoms with Gasteiger partial charge in [-0.25, -0.2) is 0 Å². The summed E-state index contributed by atoms with van der Waals surface area (Å²) in [4.78, 5) is 22.4. The van der Waals surface area contributed by atoms with Crippen LogP contribution in [0.2, 0.25) is 0 Å². The van der Waals surface area contributed by atoms with Crippen LogP contribution in [0, 0.1) is 0 Å². The van der Waals surface area contributed by atoms with Gasteiger partial charge in [-0.3, -0.25) is 9.59 Å². The Morgan fingerprint density at radius 1 is 0.850 bits per heavy atom. The van der Waals surface area contributed by atoms with E-state index in [0.717, 1.165) is 28.9 Å². The van der Waals surface area contributed by atoms with E-state index in [0.29, 0.717) is 11.1 Å². The third kappa shape index (κ3) is 2.30. The van der Waals surface area contributed by atoms with Gasteiger partial charge in [0.1, 0.15) is 0 Å². The monoisotopic (exact) mass is 305 g/mol. The third-order valence-electron chi connectivity index (χ3n) is 3.32. The second-order valence-electron chi connectivity index (χ2n) is 4.59. The van der Waals surface area contributed by atoms with Gasteiger partial charge in [-0.1, -0.05) is 12.1 Å². The zero-order valence-electron chi connectivity index (χ0n) is 10.2. The molecule has 1 N–H and O–H groups in total. The number of hydrogen-bond acceptors (Lipinski definition) is 3. The highest BCUT2D eigenvalue weighted by Crippen LogP contribution is 2.34. The summed E-state index contributed by atoms with van der Waals surface area (Å²) in [5.41, 5.74) is 4.66. The van der Waals surface area contributed by atoms with Crippen molar-refractivity contribution in [3.05, 3.63) is 58.7 Å². The minimum atomic E-state index is -0.495. The van der Waals surface area contributed by atoms with Crippen LogP contribution in [0.3, 0.4) is 0 Å². The zero-order valence-corrected chi connectivity index (χ0v) is 11.8. The van der Waals surface area contributed by atoms with Crippen molar-refractivity contribution >= 4 is 45.1 Å². The number of anilines is 2. The van der Waals surface area contributed by atoms with E-state index >= 15 is 0 Å². The summed E-state index contributed by atoms with van der Waals surface area (Å²) in [7, 11) is 0. The first-order valence-corrected chi connectivity index (χ1v) is 6.73. The molecule has 5 heteroatoms. The molecule has 1 aliphatic rings. The molecule has 3 nitrogen and oxygen atoms in total. The van der Waals surface area contributed by atoms with Crippen molar-refractivity contribution in [1.29, 1.82) is 0 Å². The van der Waals surface area contributed by atoms with Crippen LogP contribution in [0.4, 0.5) is 11.4 Å². The molecule has 1 heterocycles. The van der Waals surface area contributed by atoms with Gasteiger partial charge in [0, 0.05) is 28.9 Å². The summed E-state index contributed by atoms with van der Waals surface area (Å²) in [6, 6.07) is 10.6. The van der Waals surface area contributed by atoms with Gasteiger partial charge in [0.25, 0.3) is 10.5 Å². The van der Waals surface area contributed by atoms with Crippen LogP contribution in [0.15, 0.2) is 36.4 Å². The predicted octanol–water partition coefficient (Wildman–Crippen LogP) is 4.09. The predicted molar refractivity (Wildman–Crippen MR) is 79.3 cm³/mol. The molecule has 0 fully saturated rings. The Hall–Kier alpha value is -1.84. The summed E-state index contributed by atoms with van der Waals surface area (Å²) in [5, 5.41) is 2.22. The van der Waals surface area contributed by atoms with Crippen molar-refractivity contribution in [1.82, 2.24) is 0 Å². The molecule has 0 aliphatic carbocycles. The molecule has 0 unspecified atom stereocenters. The van der Waals surface area contributed by atoms with Crippen LogP contribution in [0.25, 0.3) is 0 Å². The van der Waals surface area contributed by atoms with Crippen LogP contribution in [0.1, 0.15) is 31.8 Å². The minimum absolute atomic E-state index is 0.436. The zero-order chi connectivity index (χ0) is 14.3. The van der Waals surface area contributed by atoms with Gasteiger partial charge in [0.15, 0.2) is 0 Å². The Balaban J connectivity index is 2.03. The van der Waals surface area contributed by atoms with Crippen molar-refractivity contribution in [2.24, 2.45) is 0 Å². The summed E-state index contributed by atoms with van der Waals surface area (Å²) in [5.74, 6) is 0. The first kappa shape index (κ1) is 13.2. The third-order valence-corrected chi connectivity index (χ3v) is 3.76. The van der Waals surface area contributed by atoms with E-state index in [9.17, 15) is 9.59 Å². The van der Waals surface area contributed by atoms with Gasteiger partial charge in [-0.2, -0.15) is 0 Å². The fraction of sp³-hybridized carbons (Fsp3) is 0.0667. The average molecular weight is 306 g/mol. The lowest BCUT2D eigenvalue weighted by atomic mass is 9.95. The van der Waals surface area contributed by atoms with E-state index in [1.165, 1.54) is 0 Å². The van der Waals surface area contributed by atoms with Gasteiger partial charge >= 0.3 is 0 Å². The molecule has 0 bridgehead atoms. The van der Waals surface area contributed by atoms with Gasteiger partial charge in [-0.05, 0) is 58.6 Å². The number of carbonyl (C=O) groups excluding carboxylic acids is 2. The van der Waals surface area contributed by atoms with E-state index in [-0.39, 0.29) is 0 Å². The maximum atomic E-state index is 11.2. The number of carbonyl (C=O) groups is 2. The molecule has 100 valence electrons. The molecule has 0 saturated heterocycles. The molecule has 0 atom stereocenters. The smallest absolute Gasteiger partial charge is 0.252 e. The van der Waals surface area contributed by atoms with E-state index < -0.39 is 10.5 Å². The van der Waals surface area contributed by atoms with E-state index in [1.54, 1.807) is 24.3 Å². The lowest BCUT2D eigenvalue weighted by Gasteiger charge is -2.22. The highest BCUT2D eigenvalue weighted by atomic mass is 35.5. The number of nitrogens with one attached hydrogen (secondary N) is 1. The van der Waals surface area contributed by atoms with Crippen LogP contribution in [0.5, 0.6) is 0 Å². The number of halogens is 2. The Morgan fingerprint density at radius 3 is 1.70 bits per heavy atom. The van der Waals surface area contributed by atoms with Gasteiger partial charge in [0.05, 0.1) is 0 Å². The molecule has 0 radical (unpaired) electrons. The highest BCUT2D eigenvalue weighted by Gasteiger charge is 2.17. The number of hydrogen-bond donors (Lipinski definition) is 1. The summed E-state index contributed by atoms with van der Waals surface area (Å²) < 4.78 is 0. The fourth-order valence-corrected chi connectivity index (χ4v) is 2.52. The Kier molecular flexibility index (Phi) is 3.24. The first-order valence-electron chi connectivity index (χ1n) is 5.97. The molecule has 0 aromatic heterocycles.